The van der Waals surface area contributed by atoms with Gasteiger partial charge >= 0.3 is 11.4 Å². The van der Waals surface area contributed by atoms with E-state index in [4.69, 9.17) is 14.0 Å². The number of hydrogen-bond donors (Lipinski definition) is 6. The normalized spacial score (nSPS) is 26.5. The van der Waals surface area contributed by atoms with Crippen molar-refractivity contribution < 1.29 is 48.1 Å². The van der Waals surface area contributed by atoms with Gasteiger partial charge in [0.15, 0.2) is 6.23 Å². The smallest absolute Gasteiger partial charge is 0.351 e. The number of unbranched alkanes of at least 4 members (excludes halogenated alkanes) is 12. The minimum absolute atomic E-state index is 0.309. The number of ether oxygens (including phenoxy) is 2. The monoisotopic (exact) mass is 800 g/mol. The summed E-state index contributed by atoms with van der Waals surface area (Å²) >= 11 is 0. The van der Waals surface area contributed by atoms with Crippen molar-refractivity contribution in [1.29, 1.82) is 0 Å². The number of nitrogens with one attached hydrogen (secondary N) is 2. The first-order chi connectivity index (χ1) is 26.3. The van der Waals surface area contributed by atoms with Crippen LogP contribution in [0.15, 0.2) is 45.0 Å². The first kappa shape index (κ1) is 44.7. The molecule has 0 bridgehead atoms. The average Bonchev–Trinajstić information content (AvgIpc) is 3.62. The second-order valence-corrected chi connectivity index (χ2v) is 15.5. The number of aliphatic hydroxyl groups excluding tert-OH is 3. The standard InChI is InChI=1S/C36H57FN5O12P/c1-2-3-4-5-6-7-8-9-10-11-12-13-14-15-16-17-19-38-28-18-20-41(34(47)39-28)33-31(45)30(44)26(52-33)22-36(24-43)27(54-55(49,50)51)21-29(53-36)42-23-25(37)32(46)40-35(42)48/h9-10,18,20,23,26-27,29-31,33,43-45H,2-8,11-17,19,21-22,24H2,1H3,(H,38,39,47)(H,40,46,48)(H2,49,50,51)/p-1. The van der Waals surface area contributed by atoms with Crippen LogP contribution in [0.5, 0.6) is 0 Å². The molecule has 2 aromatic rings. The van der Waals surface area contributed by atoms with Crippen molar-refractivity contribution in [2.24, 2.45) is 0 Å². The van der Waals surface area contributed by atoms with E-state index in [1.54, 1.807) is 4.98 Å². The molecule has 2 fully saturated rings. The summed E-state index contributed by atoms with van der Waals surface area (Å²) < 4.78 is 43.8. The van der Waals surface area contributed by atoms with Gasteiger partial charge in [0.1, 0.15) is 36.0 Å². The third kappa shape index (κ3) is 13.0. The van der Waals surface area contributed by atoms with E-state index in [0.717, 1.165) is 36.7 Å². The number of anilines is 1. The summed E-state index contributed by atoms with van der Waals surface area (Å²) in [6.45, 7) is 1.80. The minimum atomic E-state index is -5.50. The molecule has 6 N–H and O–H groups in total. The number of phosphoric ester groups is 1. The number of aromatic nitrogens is 4. The maximum Gasteiger partial charge on any atom is 0.351 e. The van der Waals surface area contributed by atoms with Crippen LogP contribution in [0.25, 0.3) is 0 Å². The van der Waals surface area contributed by atoms with Crippen LogP contribution in [0.1, 0.15) is 122 Å². The van der Waals surface area contributed by atoms with Crippen molar-refractivity contribution in [2.45, 2.75) is 152 Å². The maximum absolute atomic E-state index is 14.1. The molecule has 2 aliphatic heterocycles. The number of allylic oxidation sites excluding steroid dienone is 2. The van der Waals surface area contributed by atoms with Gasteiger partial charge in [0, 0.05) is 25.6 Å². The molecular formula is C36H56FN5O12P-. The van der Waals surface area contributed by atoms with E-state index in [-0.39, 0.29) is 0 Å². The highest BCUT2D eigenvalue weighted by molar-refractivity contribution is 7.44. The topological polar surface area (TPSA) is 251 Å². The molecule has 2 aliphatic rings. The second kappa shape index (κ2) is 21.5. The van der Waals surface area contributed by atoms with Crippen LogP contribution in [0.2, 0.25) is 0 Å². The van der Waals surface area contributed by atoms with Gasteiger partial charge < -0.3 is 44.4 Å². The molecule has 4 heterocycles. The summed E-state index contributed by atoms with van der Waals surface area (Å²) in [5, 5.41) is 35.3. The summed E-state index contributed by atoms with van der Waals surface area (Å²) in [6, 6.07) is 1.51. The fraction of sp³-hybridized carbons (Fsp3) is 0.722. The van der Waals surface area contributed by atoms with E-state index in [2.05, 4.69) is 29.4 Å². The molecule has 8 unspecified atom stereocenters. The van der Waals surface area contributed by atoms with E-state index >= 15 is 0 Å². The van der Waals surface area contributed by atoms with Gasteiger partial charge in [0.2, 0.25) is 5.82 Å². The van der Waals surface area contributed by atoms with Crippen molar-refractivity contribution in [3.05, 3.63) is 67.8 Å². The van der Waals surface area contributed by atoms with Crippen molar-refractivity contribution in [3.8, 4) is 0 Å². The number of halogens is 1. The maximum atomic E-state index is 14.1. The molecule has 0 aliphatic carbocycles. The molecule has 0 amide bonds. The molecule has 2 aromatic heterocycles. The number of aromatic amines is 1. The summed E-state index contributed by atoms with van der Waals surface area (Å²) in [5.41, 5.74) is -5.37. The molecule has 0 radical (unpaired) electrons. The Labute approximate surface area is 318 Å². The molecule has 0 aromatic carbocycles. The van der Waals surface area contributed by atoms with E-state index in [1.165, 1.54) is 70.1 Å². The number of hydrogen-bond acceptors (Lipinski definition) is 13. The molecule has 8 atom stereocenters. The Balaban J connectivity index is 1.25. The summed E-state index contributed by atoms with van der Waals surface area (Å²) in [7, 11) is -5.50. The highest BCUT2D eigenvalue weighted by atomic mass is 31.2. The van der Waals surface area contributed by atoms with Crippen LogP contribution in [-0.2, 0) is 18.6 Å². The number of rotatable bonds is 24. The first-order valence-corrected chi connectivity index (χ1v) is 20.8. The molecule has 2 saturated heterocycles. The zero-order valence-corrected chi connectivity index (χ0v) is 32.2. The minimum Gasteiger partial charge on any atom is -0.756 e. The van der Waals surface area contributed by atoms with Crippen molar-refractivity contribution >= 4 is 13.6 Å². The van der Waals surface area contributed by atoms with Crippen LogP contribution >= 0.6 is 7.82 Å². The lowest BCUT2D eigenvalue weighted by Gasteiger charge is -2.36. The lowest BCUT2D eigenvalue weighted by atomic mass is 9.89. The Bertz CT molecular complexity index is 1750. The Morgan fingerprint density at radius 2 is 1.67 bits per heavy atom. The van der Waals surface area contributed by atoms with Gasteiger partial charge in [0.05, 0.1) is 18.9 Å². The lowest BCUT2D eigenvalue weighted by molar-refractivity contribution is -0.232. The number of H-pyrrole nitrogens is 1. The van der Waals surface area contributed by atoms with E-state index in [9.17, 15) is 48.4 Å². The molecule has 0 saturated carbocycles. The van der Waals surface area contributed by atoms with Crippen LogP contribution in [-0.4, -0.2) is 82.5 Å². The van der Waals surface area contributed by atoms with E-state index in [0.29, 0.717) is 23.1 Å². The molecule has 55 heavy (non-hydrogen) atoms. The molecular weight excluding hydrogens is 744 g/mol. The van der Waals surface area contributed by atoms with Crippen molar-refractivity contribution in [2.75, 3.05) is 18.5 Å². The van der Waals surface area contributed by atoms with Gasteiger partial charge in [-0.3, -0.25) is 23.5 Å². The Kier molecular flexibility index (Phi) is 17.4. The predicted molar refractivity (Wildman–Crippen MR) is 198 cm³/mol. The van der Waals surface area contributed by atoms with Gasteiger partial charge in [-0.15, -0.1) is 0 Å². The fourth-order valence-electron chi connectivity index (χ4n) is 7.08. The molecule has 19 heteroatoms. The van der Waals surface area contributed by atoms with Crippen molar-refractivity contribution in [1.82, 2.24) is 19.1 Å². The highest BCUT2D eigenvalue weighted by Crippen LogP contribution is 2.48. The second-order valence-electron chi connectivity index (χ2n) is 14.4. The third-order valence-electron chi connectivity index (χ3n) is 10.1. The van der Waals surface area contributed by atoms with Crippen molar-refractivity contribution in [3.63, 3.8) is 0 Å². The first-order valence-electron chi connectivity index (χ1n) is 19.3. The largest absolute Gasteiger partial charge is 0.756 e. The molecule has 4 rings (SSSR count). The Morgan fingerprint density at radius 1 is 1.04 bits per heavy atom. The van der Waals surface area contributed by atoms with Gasteiger partial charge in [-0.2, -0.15) is 9.37 Å². The number of nitrogens with zero attached hydrogens (tertiary/aromatic N) is 3. The Morgan fingerprint density at radius 3 is 2.29 bits per heavy atom. The quantitative estimate of drug-likeness (QED) is 0.0508. The third-order valence-corrected chi connectivity index (χ3v) is 10.6. The van der Waals surface area contributed by atoms with Crippen LogP contribution in [0.3, 0.4) is 0 Å². The van der Waals surface area contributed by atoms with Gasteiger partial charge in [-0.1, -0.05) is 76.9 Å². The lowest BCUT2D eigenvalue weighted by Crippen LogP contribution is -2.49. The Hall–Kier alpha value is -3.06. The summed E-state index contributed by atoms with van der Waals surface area (Å²) in [6.07, 6.45) is 12.5. The van der Waals surface area contributed by atoms with Gasteiger partial charge in [0.25, 0.3) is 13.4 Å². The van der Waals surface area contributed by atoms with Crippen LogP contribution in [0, 0.1) is 5.82 Å². The van der Waals surface area contributed by atoms with Gasteiger partial charge in [-0.25, -0.2) is 9.59 Å². The molecule has 310 valence electrons. The highest BCUT2D eigenvalue weighted by Gasteiger charge is 2.56. The fourth-order valence-corrected chi connectivity index (χ4v) is 7.68. The zero-order valence-electron chi connectivity index (χ0n) is 31.3. The summed E-state index contributed by atoms with van der Waals surface area (Å²) in [5.74, 6) is -1.05. The molecule has 17 nitrogen and oxygen atoms in total. The predicted octanol–water partition coefficient (Wildman–Crippen LogP) is 2.89. The average molecular weight is 801 g/mol. The number of phosphoric acid groups is 1. The van der Waals surface area contributed by atoms with E-state index < -0.39 is 92.5 Å². The van der Waals surface area contributed by atoms with Crippen LogP contribution < -0.4 is 27.1 Å². The number of aliphatic hydroxyl groups is 3. The van der Waals surface area contributed by atoms with Crippen LogP contribution in [0.4, 0.5) is 10.2 Å². The zero-order chi connectivity index (χ0) is 40.0. The summed E-state index contributed by atoms with van der Waals surface area (Å²) in [4.78, 5) is 63.9. The SMILES string of the molecule is CCCCCCCCC=CCCCCCCCCNc1ccn(C2OC(CC3(CO)OC(n4cc(F)c(=O)[nH]c4=O)CC3OP(=O)([O-])O)C(O)C2O)c(=O)n1. The van der Waals surface area contributed by atoms with E-state index in [1.807, 2.05) is 0 Å². The molecule has 0 spiro atoms. The van der Waals surface area contributed by atoms with Gasteiger partial charge in [-0.05, 0) is 38.2 Å².